The third-order valence-electron chi connectivity index (χ3n) is 1.27. The minimum Gasteiger partial charge on any atom is -0.503 e. The van der Waals surface area contributed by atoms with Crippen LogP contribution in [-0.2, 0) is 0 Å². The van der Waals surface area contributed by atoms with Crippen LogP contribution >= 0.6 is 0 Å². The van der Waals surface area contributed by atoms with Gasteiger partial charge in [0.1, 0.15) is 11.5 Å². The maximum absolute atomic E-state index is 12.0. The van der Waals surface area contributed by atoms with Gasteiger partial charge in [-0.25, -0.2) is 8.78 Å². The minimum absolute atomic E-state index is 0.201. The molecule has 0 radical (unpaired) electrons. The van der Waals surface area contributed by atoms with Gasteiger partial charge in [0.15, 0.2) is 5.75 Å². The lowest BCUT2D eigenvalue weighted by molar-refractivity contribution is 0.142. The van der Waals surface area contributed by atoms with E-state index in [4.69, 9.17) is 10.8 Å². The number of H-pyrrole nitrogens is 1. The number of nitrogen functional groups attached to an aromatic ring is 1. The molecule has 0 amide bonds. The molecule has 0 aliphatic heterocycles. The summed E-state index contributed by atoms with van der Waals surface area (Å²) in [6.45, 7) is 0. The molecule has 4 nitrogen and oxygen atoms in total. The summed E-state index contributed by atoms with van der Waals surface area (Å²) in [5, 5.41) is 8.81. The molecule has 1 heterocycles. The second kappa shape index (κ2) is 2.80. The number of anilines is 1. The molecule has 0 atom stereocenters. The van der Waals surface area contributed by atoms with Crippen molar-refractivity contribution >= 4 is 5.82 Å². The van der Waals surface area contributed by atoms with Crippen LogP contribution in [0, 0.1) is 0 Å². The zero-order chi connectivity index (χ0) is 9.30. The number of aromatic nitrogens is 1. The molecular weight excluding hydrogens is 170 g/mol. The molecule has 4 N–H and O–H groups in total. The molecule has 1 aromatic rings. The maximum Gasteiger partial charge on any atom is 0.282 e. The van der Waals surface area contributed by atoms with Crippen LogP contribution < -0.4 is 11.2 Å². The number of pyridine rings is 1. The Kier molecular flexibility index (Phi) is 1.99. The number of nitrogens with two attached hydrogens (primary N) is 1. The Bertz CT molecular complexity index is 348. The fraction of sp³-hybridized carbons (Fsp3) is 0.167. The van der Waals surface area contributed by atoms with Gasteiger partial charge in [0.25, 0.3) is 6.43 Å². The SMILES string of the molecule is Nc1cc(=O)c(O)c(C(F)F)[nH]1. The lowest BCUT2D eigenvalue weighted by atomic mass is 10.3. The van der Waals surface area contributed by atoms with Gasteiger partial charge in [-0.05, 0) is 0 Å². The zero-order valence-electron chi connectivity index (χ0n) is 5.84. The number of aromatic amines is 1. The molecule has 0 aliphatic carbocycles. The first kappa shape index (κ1) is 8.51. The molecular formula is C6H6F2N2O2. The molecule has 1 aromatic heterocycles. The molecule has 1 rings (SSSR count). The molecule has 0 unspecified atom stereocenters. The lowest BCUT2D eigenvalue weighted by Crippen LogP contribution is -2.08. The molecule has 0 spiro atoms. The van der Waals surface area contributed by atoms with E-state index in [9.17, 15) is 13.6 Å². The summed E-state index contributed by atoms with van der Waals surface area (Å²) >= 11 is 0. The summed E-state index contributed by atoms with van der Waals surface area (Å²) in [7, 11) is 0. The third kappa shape index (κ3) is 1.36. The number of rotatable bonds is 1. The zero-order valence-corrected chi connectivity index (χ0v) is 5.84. The normalized spacial score (nSPS) is 10.6. The smallest absolute Gasteiger partial charge is 0.282 e. The second-order valence-electron chi connectivity index (χ2n) is 2.15. The van der Waals surface area contributed by atoms with Crippen LogP contribution in [0.25, 0.3) is 0 Å². The average Bonchev–Trinajstić information content (AvgIpc) is 1.96. The first-order valence-electron chi connectivity index (χ1n) is 3.02. The maximum atomic E-state index is 12.0. The van der Waals surface area contributed by atoms with E-state index in [-0.39, 0.29) is 5.82 Å². The Labute approximate surface area is 65.6 Å². The Morgan fingerprint density at radius 3 is 2.67 bits per heavy atom. The van der Waals surface area contributed by atoms with Crippen molar-refractivity contribution in [3.63, 3.8) is 0 Å². The van der Waals surface area contributed by atoms with Crippen LogP contribution in [0.3, 0.4) is 0 Å². The van der Waals surface area contributed by atoms with Gasteiger partial charge in [-0.1, -0.05) is 0 Å². The highest BCUT2D eigenvalue weighted by atomic mass is 19.3. The number of halogens is 2. The van der Waals surface area contributed by atoms with E-state index in [0.717, 1.165) is 6.07 Å². The van der Waals surface area contributed by atoms with E-state index in [1.807, 2.05) is 4.98 Å². The quantitative estimate of drug-likeness (QED) is 0.586. The molecule has 0 aromatic carbocycles. The third-order valence-corrected chi connectivity index (χ3v) is 1.27. The summed E-state index contributed by atoms with van der Waals surface area (Å²) in [6, 6.07) is 0.835. The number of hydrogen-bond acceptors (Lipinski definition) is 3. The van der Waals surface area contributed by atoms with Crippen LogP contribution in [0.2, 0.25) is 0 Å². The molecule has 0 saturated carbocycles. The van der Waals surface area contributed by atoms with Gasteiger partial charge in [-0.3, -0.25) is 4.79 Å². The lowest BCUT2D eigenvalue weighted by Gasteiger charge is -2.03. The van der Waals surface area contributed by atoms with Crippen LogP contribution in [0.1, 0.15) is 12.1 Å². The monoisotopic (exact) mass is 176 g/mol. The van der Waals surface area contributed by atoms with E-state index < -0.39 is 23.3 Å². The van der Waals surface area contributed by atoms with E-state index >= 15 is 0 Å². The largest absolute Gasteiger partial charge is 0.503 e. The molecule has 6 heteroatoms. The molecule has 0 fully saturated rings. The van der Waals surface area contributed by atoms with Crippen molar-refractivity contribution in [2.45, 2.75) is 6.43 Å². The molecule has 0 aliphatic rings. The molecule has 0 saturated heterocycles. The van der Waals surface area contributed by atoms with Crippen molar-refractivity contribution in [3.8, 4) is 5.75 Å². The fourth-order valence-corrected chi connectivity index (χ4v) is 0.751. The van der Waals surface area contributed by atoms with Gasteiger partial charge < -0.3 is 15.8 Å². The average molecular weight is 176 g/mol. The summed E-state index contributed by atoms with van der Waals surface area (Å²) in [5.41, 5.74) is 3.30. The van der Waals surface area contributed by atoms with Gasteiger partial charge in [0, 0.05) is 6.07 Å². The highest BCUT2D eigenvalue weighted by Crippen LogP contribution is 2.23. The number of nitrogens with one attached hydrogen (secondary N) is 1. The van der Waals surface area contributed by atoms with Crippen LogP contribution in [0.5, 0.6) is 5.75 Å². The summed E-state index contributed by atoms with van der Waals surface area (Å²) in [5.74, 6) is -1.19. The Morgan fingerprint density at radius 2 is 2.17 bits per heavy atom. The summed E-state index contributed by atoms with van der Waals surface area (Å²) in [4.78, 5) is 12.7. The molecule has 66 valence electrons. The van der Waals surface area contributed by atoms with Crippen LogP contribution in [-0.4, -0.2) is 10.1 Å². The topological polar surface area (TPSA) is 79.1 Å². The van der Waals surface area contributed by atoms with Crippen molar-refractivity contribution in [2.75, 3.05) is 5.73 Å². The Morgan fingerprint density at radius 1 is 1.58 bits per heavy atom. The fourth-order valence-electron chi connectivity index (χ4n) is 0.751. The van der Waals surface area contributed by atoms with Gasteiger partial charge in [-0.2, -0.15) is 0 Å². The van der Waals surface area contributed by atoms with Gasteiger partial charge in [0.2, 0.25) is 5.43 Å². The Hall–Kier alpha value is -1.59. The van der Waals surface area contributed by atoms with E-state index in [1.54, 1.807) is 0 Å². The molecule has 12 heavy (non-hydrogen) atoms. The standard InChI is InChI=1S/C6H6F2N2O2/c7-6(8)4-5(12)2(11)1-3(9)10-4/h1,6,12H,(H3,9,10,11). The summed E-state index contributed by atoms with van der Waals surface area (Å²) < 4.78 is 24.0. The van der Waals surface area contributed by atoms with Crippen LogP contribution in [0.4, 0.5) is 14.6 Å². The van der Waals surface area contributed by atoms with E-state index in [1.165, 1.54) is 0 Å². The van der Waals surface area contributed by atoms with Crippen molar-refractivity contribution in [2.24, 2.45) is 0 Å². The van der Waals surface area contributed by atoms with Crippen molar-refractivity contribution in [3.05, 3.63) is 22.0 Å². The highest BCUT2D eigenvalue weighted by Gasteiger charge is 2.16. The first-order chi connectivity index (χ1) is 5.52. The van der Waals surface area contributed by atoms with Crippen molar-refractivity contribution in [1.29, 1.82) is 0 Å². The van der Waals surface area contributed by atoms with Gasteiger partial charge in [0.05, 0.1) is 0 Å². The van der Waals surface area contributed by atoms with Gasteiger partial charge in [-0.15, -0.1) is 0 Å². The van der Waals surface area contributed by atoms with Crippen LogP contribution in [0.15, 0.2) is 10.9 Å². The van der Waals surface area contributed by atoms with E-state index in [2.05, 4.69) is 0 Å². The highest BCUT2D eigenvalue weighted by molar-refractivity contribution is 5.37. The minimum atomic E-state index is -2.94. The van der Waals surface area contributed by atoms with Crippen molar-refractivity contribution < 1.29 is 13.9 Å². The number of aromatic hydroxyl groups is 1. The number of alkyl halides is 2. The van der Waals surface area contributed by atoms with Crippen molar-refractivity contribution in [1.82, 2.24) is 4.98 Å². The summed E-state index contributed by atoms with van der Waals surface area (Å²) in [6.07, 6.45) is -2.94. The predicted molar refractivity (Wildman–Crippen MR) is 38.1 cm³/mol. The predicted octanol–water partition coefficient (Wildman–Crippen LogP) is 0.600. The second-order valence-corrected chi connectivity index (χ2v) is 2.15. The molecule has 0 bridgehead atoms. The Balaban J connectivity index is 3.38. The first-order valence-corrected chi connectivity index (χ1v) is 3.02. The van der Waals surface area contributed by atoms with Gasteiger partial charge >= 0.3 is 0 Å². The number of hydrogen-bond donors (Lipinski definition) is 3. The van der Waals surface area contributed by atoms with E-state index in [0.29, 0.717) is 0 Å².